The molecule has 3 heterocycles. The number of aliphatic hydroxyl groups is 1. The fourth-order valence-electron chi connectivity index (χ4n) is 2.76. The smallest absolute Gasteiger partial charge is 0.163 e. The van der Waals surface area contributed by atoms with Gasteiger partial charge < -0.3 is 10.8 Å². The Morgan fingerprint density at radius 2 is 2.30 bits per heavy atom. The SMILES string of the molecule is CC(O)C1CCN(Cc2nc(N)c3cnn(C)c3n2)C1. The topological polar surface area (TPSA) is 93.1 Å². The second-order valence-corrected chi connectivity index (χ2v) is 5.56. The maximum Gasteiger partial charge on any atom is 0.163 e. The molecule has 20 heavy (non-hydrogen) atoms. The highest BCUT2D eigenvalue weighted by molar-refractivity contribution is 5.84. The van der Waals surface area contributed by atoms with Crippen LogP contribution in [0.25, 0.3) is 11.0 Å². The minimum atomic E-state index is -0.259. The van der Waals surface area contributed by atoms with Crippen LogP contribution in [0.3, 0.4) is 0 Å². The summed E-state index contributed by atoms with van der Waals surface area (Å²) in [5.41, 5.74) is 6.72. The van der Waals surface area contributed by atoms with Crippen molar-refractivity contribution in [2.75, 3.05) is 18.8 Å². The Balaban J connectivity index is 1.80. The fraction of sp³-hybridized carbons (Fsp3) is 0.615. The molecule has 2 unspecified atom stereocenters. The predicted molar refractivity (Wildman–Crippen MR) is 75.8 cm³/mol. The number of aryl methyl sites for hydroxylation is 1. The lowest BCUT2D eigenvalue weighted by Gasteiger charge is -2.16. The highest BCUT2D eigenvalue weighted by Gasteiger charge is 2.26. The molecule has 7 nitrogen and oxygen atoms in total. The zero-order chi connectivity index (χ0) is 14.3. The number of nitrogen functional groups attached to an aromatic ring is 1. The number of hydrogen-bond acceptors (Lipinski definition) is 6. The van der Waals surface area contributed by atoms with Gasteiger partial charge in [0.2, 0.25) is 0 Å². The van der Waals surface area contributed by atoms with Crippen LogP contribution < -0.4 is 5.73 Å². The van der Waals surface area contributed by atoms with E-state index in [1.807, 2.05) is 14.0 Å². The molecule has 3 N–H and O–H groups in total. The van der Waals surface area contributed by atoms with E-state index in [0.717, 1.165) is 30.5 Å². The van der Waals surface area contributed by atoms with Crippen molar-refractivity contribution in [1.82, 2.24) is 24.6 Å². The number of rotatable bonds is 3. The Labute approximate surface area is 117 Å². The Morgan fingerprint density at radius 1 is 1.50 bits per heavy atom. The van der Waals surface area contributed by atoms with E-state index in [1.165, 1.54) is 0 Å². The molecule has 0 amide bonds. The number of fused-ring (bicyclic) bond motifs is 1. The molecule has 1 aliphatic heterocycles. The fourth-order valence-corrected chi connectivity index (χ4v) is 2.76. The summed E-state index contributed by atoms with van der Waals surface area (Å²) in [5, 5.41) is 14.6. The molecule has 0 aliphatic carbocycles. The lowest BCUT2D eigenvalue weighted by atomic mass is 10.0. The van der Waals surface area contributed by atoms with Gasteiger partial charge in [0, 0.05) is 13.6 Å². The minimum Gasteiger partial charge on any atom is -0.393 e. The molecule has 0 radical (unpaired) electrons. The summed E-state index contributed by atoms with van der Waals surface area (Å²) < 4.78 is 1.71. The molecule has 2 aromatic heterocycles. The van der Waals surface area contributed by atoms with Gasteiger partial charge in [0.05, 0.1) is 24.2 Å². The number of aromatic nitrogens is 4. The van der Waals surface area contributed by atoms with Crippen molar-refractivity contribution in [1.29, 1.82) is 0 Å². The van der Waals surface area contributed by atoms with E-state index >= 15 is 0 Å². The number of hydrogen-bond donors (Lipinski definition) is 2. The van der Waals surface area contributed by atoms with Gasteiger partial charge in [-0.3, -0.25) is 9.58 Å². The minimum absolute atomic E-state index is 0.259. The molecule has 1 saturated heterocycles. The second kappa shape index (κ2) is 4.99. The molecule has 108 valence electrons. The van der Waals surface area contributed by atoms with E-state index < -0.39 is 0 Å². The number of likely N-dealkylation sites (tertiary alicyclic amines) is 1. The normalized spacial score (nSPS) is 21.6. The quantitative estimate of drug-likeness (QED) is 0.829. The van der Waals surface area contributed by atoms with Crippen molar-refractivity contribution in [2.24, 2.45) is 13.0 Å². The zero-order valence-electron chi connectivity index (χ0n) is 11.8. The molecule has 0 aromatic carbocycles. The van der Waals surface area contributed by atoms with Crippen molar-refractivity contribution in [3.63, 3.8) is 0 Å². The molecular weight excluding hydrogens is 256 g/mol. The Bertz CT molecular complexity index is 623. The first-order valence-electron chi connectivity index (χ1n) is 6.89. The van der Waals surface area contributed by atoms with Crippen molar-refractivity contribution < 1.29 is 5.11 Å². The number of anilines is 1. The summed E-state index contributed by atoms with van der Waals surface area (Å²) in [6.07, 6.45) is 2.44. The number of aliphatic hydroxyl groups excluding tert-OH is 1. The van der Waals surface area contributed by atoms with Crippen LogP contribution in [0.5, 0.6) is 0 Å². The van der Waals surface area contributed by atoms with Crippen LogP contribution in [0.2, 0.25) is 0 Å². The summed E-state index contributed by atoms with van der Waals surface area (Å²) in [7, 11) is 1.85. The van der Waals surface area contributed by atoms with E-state index in [-0.39, 0.29) is 6.10 Å². The van der Waals surface area contributed by atoms with Gasteiger partial charge in [-0.1, -0.05) is 0 Å². The van der Waals surface area contributed by atoms with E-state index in [1.54, 1.807) is 10.9 Å². The standard InChI is InChI=1S/C13H20N6O/c1-8(20)9-3-4-19(6-9)7-11-16-12(14)10-5-15-18(2)13(10)17-11/h5,8-9,20H,3-4,6-7H2,1-2H3,(H2,14,16,17). The predicted octanol–water partition coefficient (Wildman–Crippen LogP) is 0.148. The number of nitrogens with two attached hydrogens (primary N) is 1. The number of nitrogens with zero attached hydrogens (tertiary/aromatic N) is 5. The van der Waals surface area contributed by atoms with Gasteiger partial charge in [-0.25, -0.2) is 9.97 Å². The van der Waals surface area contributed by atoms with Crippen molar-refractivity contribution >= 4 is 16.9 Å². The molecule has 0 bridgehead atoms. The average molecular weight is 276 g/mol. The third kappa shape index (κ3) is 2.34. The summed E-state index contributed by atoms with van der Waals surface area (Å²) in [4.78, 5) is 11.1. The lowest BCUT2D eigenvalue weighted by Crippen LogP contribution is -2.25. The summed E-state index contributed by atoms with van der Waals surface area (Å²) in [6.45, 7) is 4.35. The second-order valence-electron chi connectivity index (χ2n) is 5.56. The van der Waals surface area contributed by atoms with Gasteiger partial charge in [-0.2, -0.15) is 5.10 Å². The summed E-state index contributed by atoms with van der Waals surface area (Å²) in [5.74, 6) is 1.53. The molecule has 1 fully saturated rings. The highest BCUT2D eigenvalue weighted by Crippen LogP contribution is 2.22. The molecular formula is C13H20N6O. The van der Waals surface area contributed by atoms with Crippen LogP contribution in [0, 0.1) is 5.92 Å². The highest BCUT2D eigenvalue weighted by atomic mass is 16.3. The monoisotopic (exact) mass is 276 g/mol. The van der Waals surface area contributed by atoms with Crippen molar-refractivity contribution in [3.8, 4) is 0 Å². The van der Waals surface area contributed by atoms with Crippen LogP contribution in [-0.4, -0.2) is 48.9 Å². The van der Waals surface area contributed by atoms with Gasteiger partial charge in [0.15, 0.2) is 5.65 Å². The van der Waals surface area contributed by atoms with Gasteiger partial charge in [-0.15, -0.1) is 0 Å². The van der Waals surface area contributed by atoms with Gasteiger partial charge >= 0.3 is 0 Å². The first kappa shape index (κ1) is 13.3. The van der Waals surface area contributed by atoms with Gasteiger partial charge in [0.1, 0.15) is 11.6 Å². The first-order chi connectivity index (χ1) is 9.54. The van der Waals surface area contributed by atoms with E-state index in [2.05, 4.69) is 20.0 Å². The van der Waals surface area contributed by atoms with E-state index in [4.69, 9.17) is 5.73 Å². The largest absolute Gasteiger partial charge is 0.393 e. The zero-order valence-corrected chi connectivity index (χ0v) is 11.8. The third-order valence-electron chi connectivity index (χ3n) is 4.02. The molecule has 1 aliphatic rings. The van der Waals surface area contributed by atoms with Crippen molar-refractivity contribution in [2.45, 2.75) is 26.0 Å². The Morgan fingerprint density at radius 3 is 3.00 bits per heavy atom. The van der Waals surface area contributed by atoms with E-state index in [0.29, 0.717) is 24.1 Å². The third-order valence-corrected chi connectivity index (χ3v) is 4.02. The molecule has 7 heteroatoms. The Hall–Kier alpha value is -1.73. The van der Waals surface area contributed by atoms with Crippen molar-refractivity contribution in [3.05, 3.63) is 12.0 Å². The van der Waals surface area contributed by atoms with Gasteiger partial charge in [-0.05, 0) is 25.8 Å². The molecule has 2 aromatic rings. The van der Waals surface area contributed by atoms with Crippen LogP contribution >= 0.6 is 0 Å². The molecule has 2 atom stereocenters. The van der Waals surface area contributed by atoms with Gasteiger partial charge in [0.25, 0.3) is 0 Å². The van der Waals surface area contributed by atoms with Crippen LogP contribution in [0.4, 0.5) is 5.82 Å². The van der Waals surface area contributed by atoms with Crippen LogP contribution in [-0.2, 0) is 13.6 Å². The van der Waals surface area contributed by atoms with E-state index in [9.17, 15) is 5.11 Å². The molecule has 0 spiro atoms. The summed E-state index contributed by atoms with van der Waals surface area (Å²) >= 11 is 0. The first-order valence-corrected chi connectivity index (χ1v) is 6.89. The summed E-state index contributed by atoms with van der Waals surface area (Å²) in [6, 6.07) is 0. The Kier molecular flexibility index (Phi) is 3.31. The molecule has 3 rings (SSSR count). The lowest BCUT2D eigenvalue weighted by molar-refractivity contribution is 0.127. The maximum atomic E-state index is 9.64. The molecule has 0 saturated carbocycles. The van der Waals surface area contributed by atoms with Crippen LogP contribution in [0.1, 0.15) is 19.2 Å². The van der Waals surface area contributed by atoms with Crippen LogP contribution in [0.15, 0.2) is 6.20 Å². The maximum absolute atomic E-state index is 9.64. The average Bonchev–Trinajstić information content (AvgIpc) is 2.98.